The molecule has 1 aliphatic heterocycles. The Kier molecular flexibility index (Phi) is 5.63. The summed E-state index contributed by atoms with van der Waals surface area (Å²) in [6, 6.07) is 5.92. The van der Waals surface area contributed by atoms with E-state index in [1.54, 1.807) is 0 Å². The van der Waals surface area contributed by atoms with E-state index in [9.17, 15) is 4.79 Å². The van der Waals surface area contributed by atoms with Gasteiger partial charge in [-0.1, -0.05) is 11.6 Å². The van der Waals surface area contributed by atoms with E-state index in [0.29, 0.717) is 18.0 Å². The third kappa shape index (κ3) is 3.84. The minimum absolute atomic E-state index is 0.0222. The summed E-state index contributed by atoms with van der Waals surface area (Å²) in [6.07, 6.45) is 6.54. The third-order valence-corrected chi connectivity index (χ3v) is 4.99. The lowest BCUT2D eigenvalue weighted by Crippen LogP contribution is -2.49. The molecule has 0 radical (unpaired) electrons. The maximum atomic E-state index is 12.4. The molecular formula is C18H24ClN3O2. The topological polar surface area (TPSA) is 68.4 Å². The van der Waals surface area contributed by atoms with Crippen LogP contribution in [0.5, 0.6) is 0 Å². The number of aliphatic hydroxyl groups is 1. The van der Waals surface area contributed by atoms with Crippen molar-refractivity contribution >= 4 is 28.5 Å². The van der Waals surface area contributed by atoms with Gasteiger partial charge in [0.2, 0.25) is 0 Å². The number of aromatic nitrogens is 1. The molecule has 1 aromatic carbocycles. The Morgan fingerprint density at radius 3 is 3.12 bits per heavy atom. The molecule has 3 rings (SSSR count). The molecule has 5 nitrogen and oxygen atoms in total. The van der Waals surface area contributed by atoms with Gasteiger partial charge in [0.05, 0.1) is 0 Å². The fourth-order valence-corrected chi connectivity index (χ4v) is 3.65. The first-order chi connectivity index (χ1) is 11.7. The van der Waals surface area contributed by atoms with Gasteiger partial charge in [-0.05, 0) is 55.9 Å². The molecule has 1 aromatic heterocycles. The zero-order chi connectivity index (χ0) is 16.9. The molecule has 2 heterocycles. The number of hydrogen-bond acceptors (Lipinski definition) is 2. The van der Waals surface area contributed by atoms with Crippen molar-refractivity contribution in [3.63, 3.8) is 0 Å². The molecule has 1 unspecified atom stereocenters. The SMILES string of the molecule is O=C(NCCc1c[nH]c2ccc(Cl)cc12)N1CCCCC1CCO. The number of aromatic amines is 1. The number of nitrogens with one attached hydrogen (secondary N) is 2. The summed E-state index contributed by atoms with van der Waals surface area (Å²) in [5.74, 6) is 0. The number of piperidine rings is 1. The van der Waals surface area contributed by atoms with Gasteiger partial charge in [-0.2, -0.15) is 0 Å². The molecule has 2 amide bonds. The van der Waals surface area contributed by atoms with Crippen molar-refractivity contribution < 1.29 is 9.90 Å². The molecule has 0 aliphatic carbocycles. The summed E-state index contributed by atoms with van der Waals surface area (Å²) in [5, 5.41) is 14.0. The maximum Gasteiger partial charge on any atom is 0.317 e. The van der Waals surface area contributed by atoms with Crippen LogP contribution in [0.4, 0.5) is 4.79 Å². The molecule has 1 aliphatic rings. The Hall–Kier alpha value is -1.72. The molecular weight excluding hydrogens is 326 g/mol. The van der Waals surface area contributed by atoms with Gasteiger partial charge in [0.25, 0.3) is 0 Å². The number of nitrogens with zero attached hydrogens (tertiary/aromatic N) is 1. The Morgan fingerprint density at radius 2 is 2.29 bits per heavy atom. The van der Waals surface area contributed by atoms with Crippen LogP contribution in [0.15, 0.2) is 24.4 Å². The molecule has 1 atom stereocenters. The Balaban J connectivity index is 1.56. The van der Waals surface area contributed by atoms with Crippen LogP contribution in [-0.2, 0) is 6.42 Å². The van der Waals surface area contributed by atoms with E-state index < -0.39 is 0 Å². The van der Waals surface area contributed by atoms with Crippen LogP contribution in [0.2, 0.25) is 5.02 Å². The van der Waals surface area contributed by atoms with Crippen molar-refractivity contribution in [2.24, 2.45) is 0 Å². The highest BCUT2D eigenvalue weighted by atomic mass is 35.5. The van der Waals surface area contributed by atoms with Gasteiger partial charge >= 0.3 is 6.03 Å². The van der Waals surface area contributed by atoms with E-state index in [1.807, 2.05) is 29.3 Å². The van der Waals surface area contributed by atoms with Gasteiger partial charge in [0, 0.05) is 47.9 Å². The molecule has 1 saturated heterocycles. The molecule has 3 N–H and O–H groups in total. The monoisotopic (exact) mass is 349 g/mol. The van der Waals surface area contributed by atoms with Crippen LogP contribution in [0.1, 0.15) is 31.2 Å². The average Bonchev–Trinajstić information content (AvgIpc) is 2.98. The number of urea groups is 1. The number of amides is 2. The second-order valence-electron chi connectivity index (χ2n) is 6.34. The average molecular weight is 350 g/mol. The molecule has 0 saturated carbocycles. The van der Waals surface area contributed by atoms with Crippen LogP contribution in [0.3, 0.4) is 0 Å². The van der Waals surface area contributed by atoms with Crippen LogP contribution >= 0.6 is 11.6 Å². The minimum atomic E-state index is -0.0222. The predicted octanol–water partition coefficient (Wildman–Crippen LogP) is 3.31. The van der Waals surface area contributed by atoms with E-state index in [4.69, 9.17) is 16.7 Å². The standard InChI is InChI=1S/C18H24ClN3O2/c19-14-4-5-17-16(11-14)13(12-21-17)6-8-20-18(24)22-9-2-1-3-15(22)7-10-23/h4-5,11-12,15,21,23H,1-3,6-10H2,(H,20,24). The van der Waals surface area contributed by atoms with Crippen molar-refractivity contribution in [3.8, 4) is 0 Å². The second-order valence-corrected chi connectivity index (χ2v) is 6.78. The van der Waals surface area contributed by atoms with Crippen LogP contribution < -0.4 is 5.32 Å². The quantitative estimate of drug-likeness (QED) is 0.775. The summed E-state index contributed by atoms with van der Waals surface area (Å²) < 4.78 is 0. The van der Waals surface area contributed by atoms with Gasteiger partial charge in [-0.25, -0.2) is 4.79 Å². The first-order valence-electron chi connectivity index (χ1n) is 8.60. The second kappa shape index (κ2) is 7.90. The number of fused-ring (bicyclic) bond motifs is 1. The van der Waals surface area contributed by atoms with Gasteiger partial charge in [0.15, 0.2) is 0 Å². The first-order valence-corrected chi connectivity index (χ1v) is 8.97. The lowest BCUT2D eigenvalue weighted by Gasteiger charge is -2.35. The first kappa shape index (κ1) is 17.1. The van der Waals surface area contributed by atoms with E-state index in [2.05, 4.69) is 10.3 Å². The Bertz CT molecular complexity index is 699. The van der Waals surface area contributed by atoms with Crippen molar-refractivity contribution in [1.29, 1.82) is 0 Å². The number of aliphatic hydroxyl groups excluding tert-OH is 1. The zero-order valence-corrected chi connectivity index (χ0v) is 14.5. The zero-order valence-electron chi connectivity index (χ0n) is 13.7. The molecule has 130 valence electrons. The van der Waals surface area contributed by atoms with E-state index >= 15 is 0 Å². The molecule has 0 bridgehead atoms. The molecule has 6 heteroatoms. The van der Waals surface area contributed by atoms with Crippen molar-refractivity contribution in [2.45, 2.75) is 38.1 Å². The van der Waals surface area contributed by atoms with Crippen molar-refractivity contribution in [1.82, 2.24) is 15.2 Å². The summed E-state index contributed by atoms with van der Waals surface area (Å²) >= 11 is 6.07. The minimum Gasteiger partial charge on any atom is -0.396 e. The highest BCUT2D eigenvalue weighted by Crippen LogP contribution is 2.23. The molecule has 1 fully saturated rings. The van der Waals surface area contributed by atoms with Crippen molar-refractivity contribution in [2.75, 3.05) is 19.7 Å². The number of halogens is 1. The van der Waals surface area contributed by atoms with Crippen LogP contribution in [-0.4, -0.2) is 46.8 Å². The van der Waals surface area contributed by atoms with Gasteiger partial charge in [-0.15, -0.1) is 0 Å². The highest BCUT2D eigenvalue weighted by molar-refractivity contribution is 6.31. The third-order valence-electron chi connectivity index (χ3n) is 4.75. The lowest BCUT2D eigenvalue weighted by molar-refractivity contribution is 0.132. The number of carbonyl (C=O) groups excluding carboxylic acids is 1. The van der Waals surface area contributed by atoms with Crippen molar-refractivity contribution in [3.05, 3.63) is 35.0 Å². The van der Waals surface area contributed by atoms with Crippen LogP contribution in [0, 0.1) is 0 Å². The number of hydrogen-bond donors (Lipinski definition) is 3. The Labute approximate surface area is 147 Å². The smallest absolute Gasteiger partial charge is 0.317 e. The summed E-state index contributed by atoms with van der Waals surface area (Å²) in [5.41, 5.74) is 2.21. The van der Waals surface area contributed by atoms with E-state index in [0.717, 1.165) is 48.7 Å². The Morgan fingerprint density at radius 1 is 1.42 bits per heavy atom. The van der Waals surface area contributed by atoms with E-state index in [-0.39, 0.29) is 18.7 Å². The molecule has 2 aromatic rings. The number of carbonyl (C=O) groups is 1. The highest BCUT2D eigenvalue weighted by Gasteiger charge is 2.25. The van der Waals surface area contributed by atoms with Gasteiger partial charge < -0.3 is 20.3 Å². The summed E-state index contributed by atoms with van der Waals surface area (Å²) in [4.78, 5) is 17.5. The van der Waals surface area contributed by atoms with Crippen LogP contribution in [0.25, 0.3) is 10.9 Å². The maximum absolute atomic E-state index is 12.4. The number of likely N-dealkylation sites (tertiary alicyclic amines) is 1. The summed E-state index contributed by atoms with van der Waals surface area (Å²) in [6.45, 7) is 1.49. The van der Waals surface area contributed by atoms with Gasteiger partial charge in [-0.3, -0.25) is 0 Å². The van der Waals surface area contributed by atoms with E-state index in [1.165, 1.54) is 0 Å². The number of H-pyrrole nitrogens is 1. The van der Waals surface area contributed by atoms with Gasteiger partial charge in [0.1, 0.15) is 0 Å². The molecule has 24 heavy (non-hydrogen) atoms. The number of rotatable bonds is 5. The lowest BCUT2D eigenvalue weighted by atomic mass is 10.0. The largest absolute Gasteiger partial charge is 0.396 e. The normalized spacial score (nSPS) is 18.1. The summed E-state index contributed by atoms with van der Waals surface area (Å²) in [7, 11) is 0. The fraction of sp³-hybridized carbons (Fsp3) is 0.500. The predicted molar refractivity (Wildman–Crippen MR) is 96.5 cm³/mol. The fourth-order valence-electron chi connectivity index (χ4n) is 3.48. The number of benzene rings is 1. The molecule has 0 spiro atoms.